The number of hydrogen-bond acceptors (Lipinski definition) is 7. The van der Waals surface area contributed by atoms with E-state index in [1.54, 1.807) is 20.8 Å². The van der Waals surface area contributed by atoms with Crippen LogP contribution in [-0.4, -0.2) is 45.3 Å². The van der Waals surface area contributed by atoms with Crippen LogP contribution in [0.25, 0.3) is 0 Å². The number of hydrogen-bond donors (Lipinski definition) is 2. The molecule has 0 saturated heterocycles. The number of pyridine rings is 1. The van der Waals surface area contributed by atoms with Crippen molar-refractivity contribution < 1.29 is 29.1 Å². The third-order valence-corrected chi connectivity index (χ3v) is 2.81. The number of carbonyl (C=O) groups excluding carboxylic acids is 1. The zero-order valence-corrected chi connectivity index (χ0v) is 14.7. The van der Waals surface area contributed by atoms with Crippen molar-refractivity contribution in [3.8, 4) is 5.88 Å². The van der Waals surface area contributed by atoms with Crippen LogP contribution in [-0.2, 0) is 9.53 Å². The lowest BCUT2D eigenvalue weighted by Gasteiger charge is -2.21. The van der Waals surface area contributed by atoms with Crippen LogP contribution >= 0.6 is 15.9 Å². The maximum absolute atomic E-state index is 11.6. The first-order chi connectivity index (χ1) is 11.0. The van der Waals surface area contributed by atoms with Gasteiger partial charge < -0.3 is 19.9 Å². The Balaban J connectivity index is 2.80. The van der Waals surface area contributed by atoms with Gasteiger partial charge in [0, 0.05) is 16.7 Å². The second-order valence-corrected chi connectivity index (χ2v) is 6.50. The highest BCUT2D eigenvalue weighted by molar-refractivity contribution is 9.10. The van der Waals surface area contributed by atoms with Crippen LogP contribution in [0.5, 0.6) is 5.88 Å². The number of nitrogens with one attached hydrogen (secondary N) is 1. The number of ether oxygens (including phenoxy) is 2. The minimum Gasteiger partial charge on any atom is -0.480 e. The Hall–Kier alpha value is -2.43. The van der Waals surface area contributed by atoms with Gasteiger partial charge in [0.15, 0.2) is 6.04 Å². The SMILES string of the molecule is CC(C)(C)OC(=O)N[C@@H](COc1ncc(Br)cc1[N+](=O)[O-])C(=O)O. The van der Waals surface area contributed by atoms with Crippen molar-refractivity contribution in [2.75, 3.05) is 6.61 Å². The van der Waals surface area contributed by atoms with Crippen molar-refractivity contribution in [3.63, 3.8) is 0 Å². The monoisotopic (exact) mass is 405 g/mol. The number of aromatic nitrogens is 1. The topological polar surface area (TPSA) is 141 Å². The lowest BCUT2D eigenvalue weighted by molar-refractivity contribution is -0.386. The molecule has 1 amide bonds. The van der Waals surface area contributed by atoms with Gasteiger partial charge in [0.05, 0.1) is 4.92 Å². The molecular formula is C13H16BrN3O7. The average Bonchev–Trinajstić information content (AvgIpc) is 2.41. The maximum Gasteiger partial charge on any atom is 0.408 e. The zero-order valence-electron chi connectivity index (χ0n) is 13.1. The first-order valence-corrected chi connectivity index (χ1v) is 7.44. The molecule has 0 aliphatic carbocycles. The van der Waals surface area contributed by atoms with E-state index in [0.717, 1.165) is 0 Å². The Bertz CT molecular complexity index is 645. The van der Waals surface area contributed by atoms with E-state index in [0.29, 0.717) is 4.47 Å². The first-order valence-electron chi connectivity index (χ1n) is 6.64. The van der Waals surface area contributed by atoms with Crippen molar-refractivity contribution in [1.29, 1.82) is 0 Å². The molecule has 0 spiro atoms. The van der Waals surface area contributed by atoms with Gasteiger partial charge in [-0.05, 0) is 36.7 Å². The summed E-state index contributed by atoms with van der Waals surface area (Å²) in [6, 6.07) is -0.302. The maximum atomic E-state index is 11.6. The fraction of sp³-hybridized carbons (Fsp3) is 0.462. The highest BCUT2D eigenvalue weighted by atomic mass is 79.9. The molecule has 0 unspecified atom stereocenters. The molecule has 1 aromatic heterocycles. The molecule has 1 heterocycles. The predicted molar refractivity (Wildman–Crippen MR) is 84.9 cm³/mol. The number of carboxylic acid groups (broad SMARTS) is 1. The van der Waals surface area contributed by atoms with Crippen molar-refractivity contribution in [2.24, 2.45) is 0 Å². The lowest BCUT2D eigenvalue weighted by Crippen LogP contribution is -2.46. The van der Waals surface area contributed by atoms with Crippen LogP contribution in [0.15, 0.2) is 16.7 Å². The fourth-order valence-electron chi connectivity index (χ4n) is 1.44. The van der Waals surface area contributed by atoms with Gasteiger partial charge >= 0.3 is 17.7 Å². The molecule has 1 aromatic rings. The Morgan fingerprint density at radius 2 is 2.12 bits per heavy atom. The molecule has 0 aromatic carbocycles. The van der Waals surface area contributed by atoms with Gasteiger partial charge in [0.1, 0.15) is 12.2 Å². The van der Waals surface area contributed by atoms with E-state index >= 15 is 0 Å². The number of nitro groups is 1. The second-order valence-electron chi connectivity index (χ2n) is 5.58. The number of carbonyl (C=O) groups is 2. The van der Waals surface area contributed by atoms with Crippen LogP contribution < -0.4 is 10.1 Å². The van der Waals surface area contributed by atoms with Crippen LogP contribution in [0.4, 0.5) is 10.5 Å². The van der Waals surface area contributed by atoms with Gasteiger partial charge in [-0.1, -0.05) is 0 Å². The van der Waals surface area contributed by atoms with Crippen LogP contribution in [0.2, 0.25) is 0 Å². The largest absolute Gasteiger partial charge is 0.480 e. The number of halogens is 1. The Morgan fingerprint density at radius 1 is 1.50 bits per heavy atom. The van der Waals surface area contributed by atoms with Crippen molar-refractivity contribution in [3.05, 3.63) is 26.9 Å². The fourth-order valence-corrected chi connectivity index (χ4v) is 1.76. The van der Waals surface area contributed by atoms with E-state index in [4.69, 9.17) is 14.6 Å². The number of rotatable bonds is 6. The number of alkyl carbamates (subject to hydrolysis) is 1. The molecule has 0 fully saturated rings. The van der Waals surface area contributed by atoms with Crippen molar-refractivity contribution in [2.45, 2.75) is 32.4 Å². The molecule has 1 atom stereocenters. The molecule has 0 saturated carbocycles. The summed E-state index contributed by atoms with van der Waals surface area (Å²) in [4.78, 5) is 36.8. The minimum atomic E-state index is -1.47. The van der Waals surface area contributed by atoms with E-state index in [1.807, 2.05) is 0 Å². The highest BCUT2D eigenvalue weighted by Crippen LogP contribution is 2.27. The summed E-state index contributed by atoms with van der Waals surface area (Å²) in [6.07, 6.45) is 0.316. The molecule has 1 rings (SSSR count). The van der Waals surface area contributed by atoms with E-state index in [2.05, 4.69) is 26.2 Å². The number of amides is 1. The Morgan fingerprint density at radius 3 is 2.62 bits per heavy atom. The summed E-state index contributed by atoms with van der Waals surface area (Å²) in [7, 11) is 0. The molecule has 0 aliphatic rings. The Labute approximate surface area is 145 Å². The number of nitrogens with zero attached hydrogens (tertiary/aromatic N) is 2. The van der Waals surface area contributed by atoms with Crippen molar-refractivity contribution >= 4 is 33.7 Å². The van der Waals surface area contributed by atoms with E-state index in [9.17, 15) is 19.7 Å². The standard InChI is InChI=1S/C13H16BrN3O7/c1-13(2,3)24-12(20)16-8(11(18)19)6-23-10-9(17(21)22)4-7(14)5-15-10/h4-5,8H,6H2,1-3H3,(H,16,20)(H,18,19)/t8-/m0/s1. The van der Waals surface area contributed by atoms with Crippen molar-refractivity contribution in [1.82, 2.24) is 10.3 Å². The van der Waals surface area contributed by atoms with Gasteiger partial charge in [-0.3, -0.25) is 10.1 Å². The molecular weight excluding hydrogens is 390 g/mol. The normalized spacial score (nSPS) is 12.2. The molecule has 11 heteroatoms. The zero-order chi connectivity index (χ0) is 18.5. The van der Waals surface area contributed by atoms with Gasteiger partial charge in [-0.25, -0.2) is 14.6 Å². The summed E-state index contributed by atoms with van der Waals surface area (Å²) >= 11 is 3.04. The van der Waals surface area contributed by atoms with E-state index in [1.165, 1.54) is 12.3 Å². The van der Waals surface area contributed by atoms with Gasteiger partial charge in [-0.15, -0.1) is 0 Å². The summed E-state index contributed by atoms with van der Waals surface area (Å²) in [5.41, 5.74) is -1.24. The quantitative estimate of drug-likeness (QED) is 0.541. The van der Waals surface area contributed by atoms with Crippen LogP contribution in [0, 0.1) is 10.1 Å². The minimum absolute atomic E-state index is 0.361. The highest BCUT2D eigenvalue weighted by Gasteiger charge is 2.26. The number of aliphatic carboxylic acids is 1. The summed E-state index contributed by atoms with van der Waals surface area (Å²) in [5, 5.41) is 22.2. The Kier molecular flexibility index (Phi) is 6.46. The van der Waals surface area contributed by atoms with Gasteiger partial charge in [-0.2, -0.15) is 0 Å². The first kappa shape index (κ1) is 19.6. The van der Waals surface area contributed by atoms with Crippen LogP contribution in [0.1, 0.15) is 20.8 Å². The third kappa shape index (κ3) is 6.36. The number of carboxylic acids is 1. The van der Waals surface area contributed by atoms with Gasteiger partial charge in [0.25, 0.3) is 5.88 Å². The predicted octanol–water partition coefficient (Wildman–Crippen LogP) is 2.11. The summed E-state index contributed by atoms with van der Waals surface area (Å²) < 4.78 is 10.4. The molecule has 0 radical (unpaired) electrons. The molecule has 24 heavy (non-hydrogen) atoms. The smallest absolute Gasteiger partial charge is 0.408 e. The lowest BCUT2D eigenvalue weighted by atomic mass is 10.2. The molecule has 10 nitrogen and oxygen atoms in total. The average molecular weight is 406 g/mol. The molecule has 0 aliphatic heterocycles. The van der Waals surface area contributed by atoms with Gasteiger partial charge in [0.2, 0.25) is 0 Å². The molecule has 2 N–H and O–H groups in total. The third-order valence-electron chi connectivity index (χ3n) is 2.37. The molecule has 132 valence electrons. The molecule has 0 bridgehead atoms. The summed E-state index contributed by atoms with van der Waals surface area (Å²) in [5.74, 6) is -1.75. The second kappa shape index (κ2) is 7.90. The van der Waals surface area contributed by atoms with E-state index in [-0.39, 0.29) is 5.88 Å². The van der Waals surface area contributed by atoms with Crippen LogP contribution in [0.3, 0.4) is 0 Å². The summed E-state index contributed by atoms with van der Waals surface area (Å²) in [6.45, 7) is 4.29. The van der Waals surface area contributed by atoms with E-state index < -0.39 is 40.9 Å².